The summed E-state index contributed by atoms with van der Waals surface area (Å²) in [5.74, 6) is 0.0757. The molecule has 1 amide bonds. The van der Waals surface area contributed by atoms with Crippen molar-refractivity contribution in [2.45, 2.75) is 32.4 Å². The van der Waals surface area contributed by atoms with Crippen LogP contribution in [0.1, 0.15) is 36.9 Å². The van der Waals surface area contributed by atoms with E-state index in [1.165, 1.54) is 6.07 Å². The van der Waals surface area contributed by atoms with Gasteiger partial charge >= 0.3 is 0 Å². The van der Waals surface area contributed by atoms with Crippen molar-refractivity contribution in [1.29, 1.82) is 0 Å². The third-order valence-corrected chi connectivity index (χ3v) is 4.83. The van der Waals surface area contributed by atoms with Gasteiger partial charge in [-0.15, -0.1) is 0 Å². The molecule has 1 atom stereocenters. The number of carbonyl (C=O) groups is 1. The lowest BCUT2D eigenvalue weighted by Crippen LogP contribution is -2.18. The SMILES string of the molecule is C[C@@H](NCc1ccc(F)c(Br)c1)c1ccc(NC(=O)C2CC2)cc1. The number of hydrogen-bond donors (Lipinski definition) is 2. The van der Waals surface area contributed by atoms with Crippen molar-refractivity contribution in [3.63, 3.8) is 0 Å². The maximum atomic E-state index is 13.2. The maximum Gasteiger partial charge on any atom is 0.227 e. The number of carbonyl (C=O) groups excluding carboxylic acids is 1. The number of amides is 1. The monoisotopic (exact) mass is 390 g/mol. The smallest absolute Gasteiger partial charge is 0.227 e. The molecule has 1 aliphatic carbocycles. The highest BCUT2D eigenvalue weighted by atomic mass is 79.9. The van der Waals surface area contributed by atoms with Crippen molar-refractivity contribution in [2.75, 3.05) is 5.32 Å². The Morgan fingerprint density at radius 2 is 1.96 bits per heavy atom. The van der Waals surface area contributed by atoms with Gasteiger partial charge in [0, 0.05) is 24.2 Å². The third-order valence-electron chi connectivity index (χ3n) is 4.22. The minimum absolute atomic E-state index is 0.121. The molecule has 3 rings (SSSR count). The van der Waals surface area contributed by atoms with Crippen LogP contribution >= 0.6 is 15.9 Å². The number of benzene rings is 2. The molecule has 0 aromatic heterocycles. The second kappa shape index (κ2) is 7.45. The Hall–Kier alpha value is -1.72. The molecule has 0 unspecified atom stereocenters. The molecule has 2 aromatic carbocycles. The van der Waals surface area contributed by atoms with Gasteiger partial charge in [-0.1, -0.05) is 18.2 Å². The number of halogens is 2. The van der Waals surface area contributed by atoms with Gasteiger partial charge in [0.2, 0.25) is 5.91 Å². The third kappa shape index (κ3) is 4.42. The Morgan fingerprint density at radius 3 is 2.58 bits per heavy atom. The van der Waals surface area contributed by atoms with E-state index in [1.807, 2.05) is 24.3 Å². The molecule has 5 heteroatoms. The standard InChI is InChI=1S/C19H20BrFN2O/c1-12(22-11-13-2-9-18(21)17(20)10-13)14-5-7-16(8-6-14)23-19(24)15-3-4-15/h2,5-10,12,15,22H,3-4,11H2,1H3,(H,23,24)/t12-/m1/s1. The molecule has 0 spiro atoms. The fourth-order valence-electron chi connectivity index (χ4n) is 2.48. The van der Waals surface area contributed by atoms with Crippen LogP contribution in [0.15, 0.2) is 46.9 Å². The molecule has 0 heterocycles. The van der Waals surface area contributed by atoms with Crippen molar-refractivity contribution >= 4 is 27.5 Å². The number of anilines is 1. The first-order valence-corrected chi connectivity index (χ1v) is 8.90. The Kier molecular flexibility index (Phi) is 5.31. The van der Waals surface area contributed by atoms with E-state index >= 15 is 0 Å². The topological polar surface area (TPSA) is 41.1 Å². The van der Waals surface area contributed by atoms with Crippen molar-refractivity contribution in [2.24, 2.45) is 5.92 Å². The Morgan fingerprint density at radius 1 is 1.25 bits per heavy atom. The van der Waals surface area contributed by atoms with Crippen LogP contribution in [0.5, 0.6) is 0 Å². The first-order valence-electron chi connectivity index (χ1n) is 8.11. The van der Waals surface area contributed by atoms with E-state index in [9.17, 15) is 9.18 Å². The summed E-state index contributed by atoms with van der Waals surface area (Å²) < 4.78 is 13.7. The molecule has 1 saturated carbocycles. The van der Waals surface area contributed by atoms with Gasteiger partial charge < -0.3 is 10.6 Å². The fraction of sp³-hybridized carbons (Fsp3) is 0.316. The van der Waals surface area contributed by atoms with E-state index in [0.29, 0.717) is 11.0 Å². The van der Waals surface area contributed by atoms with Crippen LogP contribution in [0.25, 0.3) is 0 Å². The molecular weight excluding hydrogens is 371 g/mol. The minimum atomic E-state index is -0.254. The molecule has 0 aliphatic heterocycles. The highest BCUT2D eigenvalue weighted by Crippen LogP contribution is 2.30. The Balaban J connectivity index is 1.55. The quantitative estimate of drug-likeness (QED) is 0.744. The first-order chi connectivity index (χ1) is 11.5. The highest BCUT2D eigenvalue weighted by Gasteiger charge is 2.29. The van der Waals surface area contributed by atoms with Crippen molar-refractivity contribution in [3.05, 3.63) is 63.9 Å². The minimum Gasteiger partial charge on any atom is -0.326 e. The summed E-state index contributed by atoms with van der Waals surface area (Å²) in [6.07, 6.45) is 2.01. The lowest BCUT2D eigenvalue weighted by molar-refractivity contribution is -0.117. The normalized spacial score (nSPS) is 15.1. The molecule has 0 radical (unpaired) electrons. The van der Waals surface area contributed by atoms with E-state index in [4.69, 9.17) is 0 Å². The summed E-state index contributed by atoms with van der Waals surface area (Å²) >= 11 is 3.20. The average molecular weight is 391 g/mol. The zero-order valence-electron chi connectivity index (χ0n) is 13.5. The van der Waals surface area contributed by atoms with Crippen LogP contribution < -0.4 is 10.6 Å². The lowest BCUT2D eigenvalue weighted by Gasteiger charge is -2.15. The van der Waals surface area contributed by atoms with Crippen LogP contribution in [-0.2, 0) is 11.3 Å². The van der Waals surface area contributed by atoms with Gasteiger partial charge in [-0.05, 0) is 71.1 Å². The van der Waals surface area contributed by atoms with Gasteiger partial charge in [-0.3, -0.25) is 4.79 Å². The summed E-state index contributed by atoms with van der Waals surface area (Å²) in [4.78, 5) is 11.8. The molecule has 2 aromatic rings. The second-order valence-electron chi connectivity index (χ2n) is 6.24. The summed E-state index contributed by atoms with van der Waals surface area (Å²) in [5.41, 5.74) is 2.99. The van der Waals surface area contributed by atoms with E-state index in [1.54, 1.807) is 12.1 Å². The average Bonchev–Trinajstić information content (AvgIpc) is 3.41. The van der Waals surface area contributed by atoms with Crippen LogP contribution in [0.2, 0.25) is 0 Å². The van der Waals surface area contributed by atoms with Gasteiger partial charge in [0.25, 0.3) is 0 Å². The van der Waals surface area contributed by atoms with Gasteiger partial charge in [-0.2, -0.15) is 0 Å². The summed E-state index contributed by atoms with van der Waals surface area (Å²) in [5, 5.41) is 6.36. The summed E-state index contributed by atoms with van der Waals surface area (Å²) in [6.45, 7) is 2.73. The Bertz CT molecular complexity index is 729. The van der Waals surface area contributed by atoms with E-state index in [2.05, 4.69) is 33.5 Å². The Labute approximate surface area is 149 Å². The van der Waals surface area contributed by atoms with Crippen molar-refractivity contribution < 1.29 is 9.18 Å². The van der Waals surface area contributed by atoms with Gasteiger partial charge in [0.1, 0.15) is 5.82 Å². The highest BCUT2D eigenvalue weighted by molar-refractivity contribution is 9.10. The number of nitrogens with one attached hydrogen (secondary N) is 2. The van der Waals surface area contributed by atoms with Crippen LogP contribution in [0.4, 0.5) is 10.1 Å². The molecule has 24 heavy (non-hydrogen) atoms. The second-order valence-corrected chi connectivity index (χ2v) is 7.09. The maximum absolute atomic E-state index is 13.2. The fourth-order valence-corrected chi connectivity index (χ4v) is 2.91. The zero-order chi connectivity index (χ0) is 17.1. The van der Waals surface area contributed by atoms with Gasteiger partial charge in [-0.25, -0.2) is 4.39 Å². The van der Waals surface area contributed by atoms with Crippen LogP contribution in [0, 0.1) is 11.7 Å². The van der Waals surface area contributed by atoms with Crippen molar-refractivity contribution in [3.8, 4) is 0 Å². The van der Waals surface area contributed by atoms with Crippen LogP contribution in [0.3, 0.4) is 0 Å². The summed E-state index contributed by atoms with van der Waals surface area (Å²) in [7, 11) is 0. The molecule has 2 N–H and O–H groups in total. The summed E-state index contributed by atoms with van der Waals surface area (Å²) in [6, 6.07) is 13.1. The molecule has 3 nitrogen and oxygen atoms in total. The number of rotatable bonds is 6. The lowest BCUT2D eigenvalue weighted by atomic mass is 10.1. The molecule has 126 valence electrons. The van der Waals surface area contributed by atoms with Gasteiger partial charge in [0.15, 0.2) is 0 Å². The van der Waals surface area contributed by atoms with Crippen molar-refractivity contribution in [1.82, 2.24) is 5.32 Å². The molecule has 0 saturated heterocycles. The zero-order valence-corrected chi connectivity index (χ0v) is 15.1. The van der Waals surface area contributed by atoms with Crippen LogP contribution in [-0.4, -0.2) is 5.91 Å². The van der Waals surface area contributed by atoms with Gasteiger partial charge in [0.05, 0.1) is 4.47 Å². The number of hydrogen-bond acceptors (Lipinski definition) is 2. The predicted octanol–water partition coefficient (Wildman–Crippen LogP) is 4.79. The molecule has 1 aliphatic rings. The first kappa shape index (κ1) is 17.1. The predicted molar refractivity (Wildman–Crippen MR) is 97.2 cm³/mol. The van der Waals surface area contributed by atoms with E-state index in [0.717, 1.165) is 29.7 Å². The molecule has 0 bridgehead atoms. The largest absolute Gasteiger partial charge is 0.326 e. The van der Waals surface area contributed by atoms with E-state index in [-0.39, 0.29) is 23.7 Å². The molecule has 1 fully saturated rings. The molecular formula is C19H20BrFN2O. The van der Waals surface area contributed by atoms with E-state index < -0.39 is 0 Å².